The first-order chi connectivity index (χ1) is 12.5. The maximum Gasteiger partial charge on any atom is 0.416 e. The summed E-state index contributed by atoms with van der Waals surface area (Å²) in [6.45, 7) is 1.15. The van der Waals surface area contributed by atoms with Crippen molar-refractivity contribution in [2.45, 2.75) is 43.3 Å². The number of hydrogen-bond acceptors (Lipinski definition) is 5. The average Bonchev–Trinajstić information content (AvgIpc) is 2.62. The van der Waals surface area contributed by atoms with Gasteiger partial charge in [0.1, 0.15) is 6.04 Å². The molecule has 0 aliphatic rings. The molecule has 0 spiro atoms. The van der Waals surface area contributed by atoms with Crippen LogP contribution in [0.25, 0.3) is 0 Å². The Hall–Kier alpha value is -2.14. The number of esters is 1. The molecule has 27 heavy (non-hydrogen) atoms. The highest BCUT2D eigenvalue weighted by Gasteiger charge is 2.31. The zero-order valence-corrected chi connectivity index (χ0v) is 15.6. The smallest absolute Gasteiger partial charge is 0.416 e. The molecular weight excluding hydrogens is 389 g/mol. The quantitative estimate of drug-likeness (QED) is 0.605. The molecule has 152 valence electrons. The van der Waals surface area contributed by atoms with Crippen molar-refractivity contribution in [3.05, 3.63) is 29.8 Å². The fourth-order valence-electron chi connectivity index (χ4n) is 2.13. The summed E-state index contributed by atoms with van der Waals surface area (Å²) in [7, 11) is -3.19. The summed E-state index contributed by atoms with van der Waals surface area (Å²) < 4.78 is 68.8. The Kier molecular flexibility index (Phi) is 8.22. The largest absolute Gasteiger partial charge is 0.467 e. The molecule has 11 heteroatoms. The number of benzene rings is 1. The van der Waals surface area contributed by atoms with Crippen molar-refractivity contribution in [1.82, 2.24) is 10.0 Å². The molecule has 1 aromatic carbocycles. The van der Waals surface area contributed by atoms with Crippen molar-refractivity contribution in [3.8, 4) is 0 Å². The van der Waals surface area contributed by atoms with Gasteiger partial charge in [-0.25, -0.2) is 17.9 Å². The van der Waals surface area contributed by atoms with Crippen molar-refractivity contribution >= 4 is 21.9 Å². The van der Waals surface area contributed by atoms with Gasteiger partial charge in [-0.3, -0.25) is 4.79 Å². The number of amides is 1. The van der Waals surface area contributed by atoms with Crippen LogP contribution >= 0.6 is 0 Å². The molecule has 0 aromatic heterocycles. The Labute approximate surface area is 155 Å². The Morgan fingerprint density at radius 3 is 2.48 bits per heavy atom. The maximum absolute atomic E-state index is 12.7. The van der Waals surface area contributed by atoms with Crippen LogP contribution in [0, 0.1) is 0 Å². The van der Waals surface area contributed by atoms with Gasteiger partial charge >= 0.3 is 12.1 Å². The zero-order chi connectivity index (χ0) is 20.7. The van der Waals surface area contributed by atoms with Crippen LogP contribution < -0.4 is 10.0 Å². The van der Waals surface area contributed by atoms with Crippen molar-refractivity contribution in [3.63, 3.8) is 0 Å². The monoisotopic (exact) mass is 410 g/mol. The number of halogens is 3. The zero-order valence-electron chi connectivity index (χ0n) is 14.8. The Bertz CT molecular complexity index is 766. The number of methoxy groups -OCH3 is 1. The number of carbonyl (C=O) groups excluding carboxylic acids is 2. The molecule has 1 rings (SSSR count). The highest BCUT2D eigenvalue weighted by atomic mass is 32.2. The number of carbonyl (C=O) groups is 2. The second-order valence-corrected chi connectivity index (χ2v) is 7.40. The van der Waals surface area contributed by atoms with Gasteiger partial charge in [0.2, 0.25) is 15.9 Å². The Balaban J connectivity index is 2.78. The van der Waals surface area contributed by atoms with Crippen LogP contribution in [0.15, 0.2) is 29.2 Å². The number of sulfonamides is 1. The van der Waals surface area contributed by atoms with Crippen molar-refractivity contribution in [1.29, 1.82) is 0 Å². The minimum Gasteiger partial charge on any atom is -0.467 e. The summed E-state index contributed by atoms with van der Waals surface area (Å²) in [5.74, 6) is -1.48. The van der Waals surface area contributed by atoms with Crippen molar-refractivity contribution < 1.29 is 35.9 Å². The number of hydrogen-bond donors (Lipinski definition) is 2. The standard InChI is InChI=1S/C16H21F3N2O5S/c1-3-4-8-13(15(23)26-2)21-14(22)10-20-27(24,25)12-7-5-6-11(9-12)16(17,18)19/h5-7,9,13,20H,3-4,8,10H2,1-2H3,(H,21,22). The molecule has 0 fully saturated rings. The highest BCUT2D eigenvalue weighted by molar-refractivity contribution is 7.89. The van der Waals surface area contributed by atoms with Gasteiger partial charge in [-0.1, -0.05) is 25.8 Å². The molecule has 1 unspecified atom stereocenters. The SMILES string of the molecule is CCCCC(NC(=O)CNS(=O)(=O)c1cccc(C(F)(F)F)c1)C(=O)OC. The Morgan fingerprint density at radius 1 is 1.26 bits per heavy atom. The molecular formula is C16H21F3N2O5S. The molecule has 1 amide bonds. The number of alkyl halides is 3. The third-order valence-corrected chi connectivity index (χ3v) is 4.96. The predicted molar refractivity (Wildman–Crippen MR) is 90.1 cm³/mol. The topological polar surface area (TPSA) is 102 Å². The van der Waals surface area contributed by atoms with Crippen LogP contribution in [0.2, 0.25) is 0 Å². The molecule has 7 nitrogen and oxygen atoms in total. The van der Waals surface area contributed by atoms with E-state index in [0.717, 1.165) is 31.7 Å². The van der Waals surface area contributed by atoms with Crippen molar-refractivity contribution in [2.75, 3.05) is 13.7 Å². The molecule has 0 saturated heterocycles. The first kappa shape index (κ1) is 22.9. The summed E-state index contributed by atoms with van der Waals surface area (Å²) in [5.41, 5.74) is -1.12. The van der Waals surface area contributed by atoms with Crippen LogP contribution in [-0.4, -0.2) is 40.0 Å². The van der Waals surface area contributed by atoms with Gasteiger partial charge < -0.3 is 10.1 Å². The number of ether oxygens (including phenoxy) is 1. The summed E-state index contributed by atoms with van der Waals surface area (Å²) in [6.07, 6.45) is -2.98. The van der Waals surface area contributed by atoms with Crippen LogP contribution in [-0.2, 0) is 30.5 Å². The first-order valence-corrected chi connectivity index (χ1v) is 9.53. The van der Waals surface area contributed by atoms with E-state index in [1.54, 1.807) is 0 Å². The molecule has 1 atom stereocenters. The van der Waals surface area contributed by atoms with E-state index in [1.165, 1.54) is 0 Å². The van der Waals surface area contributed by atoms with Crippen molar-refractivity contribution in [2.24, 2.45) is 0 Å². The predicted octanol–water partition coefficient (Wildman–Crippen LogP) is 1.83. The van der Waals surface area contributed by atoms with Gasteiger partial charge in [0, 0.05) is 0 Å². The van der Waals surface area contributed by atoms with E-state index < -0.39 is 51.1 Å². The van der Waals surface area contributed by atoms with E-state index in [-0.39, 0.29) is 0 Å². The van der Waals surface area contributed by atoms with Crippen LogP contribution in [0.1, 0.15) is 31.7 Å². The lowest BCUT2D eigenvalue weighted by molar-refractivity contribution is -0.145. The summed E-state index contributed by atoms with van der Waals surface area (Å²) >= 11 is 0. The second kappa shape index (κ2) is 9.70. The lowest BCUT2D eigenvalue weighted by Crippen LogP contribution is -2.45. The van der Waals surface area contributed by atoms with E-state index >= 15 is 0 Å². The summed E-state index contributed by atoms with van der Waals surface area (Å²) in [6, 6.07) is 2.21. The van der Waals surface area contributed by atoms with E-state index in [0.29, 0.717) is 18.9 Å². The molecule has 2 N–H and O–H groups in total. The molecule has 1 aromatic rings. The van der Waals surface area contributed by atoms with E-state index in [1.807, 2.05) is 11.6 Å². The third-order valence-electron chi connectivity index (χ3n) is 3.56. The highest BCUT2D eigenvalue weighted by Crippen LogP contribution is 2.30. The number of nitrogens with one attached hydrogen (secondary N) is 2. The number of rotatable bonds is 9. The Morgan fingerprint density at radius 2 is 1.93 bits per heavy atom. The van der Waals surface area contributed by atoms with Gasteiger partial charge in [-0.2, -0.15) is 13.2 Å². The molecule has 0 bridgehead atoms. The molecule has 0 heterocycles. The molecule has 0 saturated carbocycles. The normalized spacial score (nSPS) is 13.1. The van der Waals surface area contributed by atoms with Gasteiger partial charge in [0.05, 0.1) is 24.1 Å². The van der Waals surface area contributed by atoms with E-state index in [2.05, 4.69) is 10.1 Å². The lowest BCUT2D eigenvalue weighted by Gasteiger charge is -2.16. The average molecular weight is 410 g/mol. The van der Waals surface area contributed by atoms with Gasteiger partial charge in [0.15, 0.2) is 0 Å². The minimum atomic E-state index is -4.70. The molecule has 0 radical (unpaired) electrons. The third kappa shape index (κ3) is 7.18. The summed E-state index contributed by atoms with van der Waals surface area (Å²) in [5, 5.41) is 2.34. The van der Waals surface area contributed by atoms with Crippen LogP contribution in [0.3, 0.4) is 0 Å². The van der Waals surface area contributed by atoms with E-state index in [9.17, 15) is 31.2 Å². The molecule has 0 aliphatic heterocycles. The molecule has 0 aliphatic carbocycles. The van der Waals surface area contributed by atoms with Gasteiger partial charge in [0.25, 0.3) is 0 Å². The first-order valence-electron chi connectivity index (χ1n) is 8.05. The van der Waals surface area contributed by atoms with Gasteiger partial charge in [-0.15, -0.1) is 0 Å². The van der Waals surface area contributed by atoms with Crippen LogP contribution in [0.4, 0.5) is 13.2 Å². The second-order valence-electron chi connectivity index (χ2n) is 5.64. The van der Waals surface area contributed by atoms with Crippen LogP contribution in [0.5, 0.6) is 0 Å². The minimum absolute atomic E-state index is 0.315. The van der Waals surface area contributed by atoms with E-state index in [4.69, 9.17) is 0 Å². The fourth-order valence-corrected chi connectivity index (χ4v) is 3.16. The lowest BCUT2D eigenvalue weighted by atomic mass is 10.1. The summed E-state index contributed by atoms with van der Waals surface area (Å²) in [4.78, 5) is 22.9. The fraction of sp³-hybridized carbons (Fsp3) is 0.500. The maximum atomic E-state index is 12.7. The number of unbranched alkanes of at least 4 members (excludes halogenated alkanes) is 1. The van der Waals surface area contributed by atoms with Gasteiger partial charge in [-0.05, 0) is 24.6 Å².